The smallest absolute Gasteiger partial charge is 0.137 e. The number of aliphatic hydroxyl groups excluding tert-OH is 1. The highest BCUT2D eigenvalue weighted by atomic mass is 35.5. The highest BCUT2D eigenvalue weighted by Crippen LogP contribution is 2.25. The van der Waals surface area contributed by atoms with Crippen molar-refractivity contribution >= 4 is 17.4 Å². The molecule has 1 rings (SSSR count). The van der Waals surface area contributed by atoms with Gasteiger partial charge >= 0.3 is 0 Å². The van der Waals surface area contributed by atoms with E-state index >= 15 is 0 Å². The first-order valence-electron chi connectivity index (χ1n) is 6.83. The summed E-state index contributed by atoms with van der Waals surface area (Å²) in [5.41, 5.74) is 0.716. The van der Waals surface area contributed by atoms with E-state index in [-0.39, 0.29) is 12.0 Å². The minimum atomic E-state index is -0.141. The Morgan fingerprint density at radius 1 is 1.25 bits per heavy atom. The molecule has 0 aliphatic heterocycles. The van der Waals surface area contributed by atoms with Gasteiger partial charge in [0.15, 0.2) is 0 Å². The van der Waals surface area contributed by atoms with Gasteiger partial charge in [0.1, 0.15) is 16.8 Å². The minimum Gasteiger partial charge on any atom is -0.394 e. The van der Waals surface area contributed by atoms with Crippen LogP contribution in [0.1, 0.15) is 38.6 Å². The number of nitrogens with zero attached hydrogens (tertiary/aromatic N) is 2. The van der Waals surface area contributed by atoms with Crippen LogP contribution in [0.25, 0.3) is 0 Å². The molecule has 20 heavy (non-hydrogen) atoms. The third kappa shape index (κ3) is 5.23. The van der Waals surface area contributed by atoms with Gasteiger partial charge in [-0.05, 0) is 13.3 Å². The van der Waals surface area contributed by atoms with Gasteiger partial charge in [0.2, 0.25) is 0 Å². The summed E-state index contributed by atoms with van der Waals surface area (Å²) in [7, 11) is 0. The maximum atomic E-state index is 8.60. The summed E-state index contributed by atoms with van der Waals surface area (Å²) in [6, 6.07) is 0. The molecule has 5 nitrogen and oxygen atoms in total. The van der Waals surface area contributed by atoms with Gasteiger partial charge in [-0.1, -0.05) is 32.4 Å². The number of aliphatic hydroxyl groups is 1. The highest BCUT2D eigenvalue weighted by molar-refractivity contribution is 6.30. The fourth-order valence-corrected chi connectivity index (χ4v) is 1.71. The number of hydrogen-bond donors (Lipinski definition) is 2. The summed E-state index contributed by atoms with van der Waals surface area (Å²) >= 11 is 6.16. The third-order valence-corrected chi connectivity index (χ3v) is 3.12. The maximum absolute atomic E-state index is 8.60. The lowest BCUT2D eigenvalue weighted by Gasteiger charge is -2.19. The van der Waals surface area contributed by atoms with Crippen molar-refractivity contribution in [2.75, 3.05) is 31.7 Å². The molecule has 0 aliphatic rings. The molecule has 1 aromatic rings. The van der Waals surface area contributed by atoms with Gasteiger partial charge in [-0.25, -0.2) is 9.97 Å². The molecule has 0 unspecified atom stereocenters. The van der Waals surface area contributed by atoms with Crippen LogP contribution < -0.4 is 5.32 Å². The van der Waals surface area contributed by atoms with E-state index in [0.717, 1.165) is 30.2 Å². The Morgan fingerprint density at radius 2 is 1.95 bits per heavy atom. The number of rotatable bonds is 7. The Labute approximate surface area is 125 Å². The van der Waals surface area contributed by atoms with Crippen LogP contribution >= 0.6 is 11.6 Å². The zero-order valence-corrected chi connectivity index (χ0v) is 13.4. The van der Waals surface area contributed by atoms with Gasteiger partial charge in [-0.3, -0.25) is 0 Å². The summed E-state index contributed by atoms with van der Waals surface area (Å²) in [6.07, 6.45) is 0.839. The average Bonchev–Trinajstić information content (AvgIpc) is 2.37. The Hall–Kier alpha value is -0.910. The van der Waals surface area contributed by atoms with Gasteiger partial charge in [-0.2, -0.15) is 0 Å². The minimum absolute atomic E-state index is 0.0585. The van der Waals surface area contributed by atoms with Gasteiger partial charge in [0, 0.05) is 24.1 Å². The Bertz CT molecular complexity index is 433. The van der Waals surface area contributed by atoms with Crippen LogP contribution in [-0.4, -0.2) is 41.4 Å². The van der Waals surface area contributed by atoms with Crippen LogP contribution in [0.3, 0.4) is 0 Å². The molecule has 0 spiro atoms. The molecule has 0 saturated heterocycles. The standard InChI is InChI=1S/C14H24ClN3O2/c1-10-11(15)17-13(14(2,3)4)18-12(10)16-6-5-8-20-9-7-19/h19H,5-9H2,1-4H3,(H,16,17,18). The molecular weight excluding hydrogens is 278 g/mol. The summed E-state index contributed by atoms with van der Waals surface area (Å²) in [6.45, 7) is 9.86. The van der Waals surface area contributed by atoms with Crippen molar-refractivity contribution in [1.82, 2.24) is 9.97 Å². The summed E-state index contributed by atoms with van der Waals surface area (Å²) in [5, 5.41) is 12.4. The van der Waals surface area contributed by atoms with Crippen molar-refractivity contribution in [1.29, 1.82) is 0 Å². The average molecular weight is 302 g/mol. The number of ether oxygens (including phenoxy) is 1. The topological polar surface area (TPSA) is 67.3 Å². The van der Waals surface area contributed by atoms with E-state index in [1.165, 1.54) is 0 Å². The zero-order valence-electron chi connectivity index (χ0n) is 12.7. The fraction of sp³-hybridized carbons (Fsp3) is 0.714. The lowest BCUT2D eigenvalue weighted by Crippen LogP contribution is -2.19. The van der Waals surface area contributed by atoms with Crippen molar-refractivity contribution in [3.63, 3.8) is 0 Å². The summed E-state index contributed by atoms with van der Waals surface area (Å²) in [4.78, 5) is 8.89. The predicted molar refractivity (Wildman–Crippen MR) is 81.5 cm³/mol. The highest BCUT2D eigenvalue weighted by Gasteiger charge is 2.20. The van der Waals surface area contributed by atoms with Gasteiger partial charge in [0.25, 0.3) is 0 Å². The lowest BCUT2D eigenvalue weighted by atomic mass is 9.95. The zero-order chi connectivity index (χ0) is 15.2. The Balaban J connectivity index is 2.63. The number of hydrogen-bond acceptors (Lipinski definition) is 5. The molecule has 114 valence electrons. The van der Waals surface area contributed by atoms with Gasteiger partial charge in [0.05, 0.1) is 13.2 Å². The van der Waals surface area contributed by atoms with E-state index in [1.807, 2.05) is 6.92 Å². The Morgan fingerprint density at radius 3 is 2.55 bits per heavy atom. The van der Waals surface area contributed by atoms with Gasteiger partial charge in [-0.15, -0.1) is 0 Å². The maximum Gasteiger partial charge on any atom is 0.137 e. The normalized spacial score (nSPS) is 11.7. The summed E-state index contributed by atoms with van der Waals surface area (Å²) in [5.74, 6) is 1.50. The molecular formula is C14H24ClN3O2. The fourth-order valence-electron chi connectivity index (χ4n) is 1.54. The molecule has 0 radical (unpaired) electrons. The molecule has 0 atom stereocenters. The van der Waals surface area contributed by atoms with Crippen LogP contribution in [0.2, 0.25) is 5.15 Å². The SMILES string of the molecule is Cc1c(Cl)nc(C(C)(C)C)nc1NCCCOCCO. The molecule has 1 heterocycles. The van der Waals surface area contributed by atoms with Crippen molar-refractivity contribution in [3.05, 3.63) is 16.5 Å². The second-order valence-corrected chi connectivity index (χ2v) is 6.04. The van der Waals surface area contributed by atoms with Crippen LogP contribution in [0.5, 0.6) is 0 Å². The molecule has 0 amide bonds. The molecule has 2 N–H and O–H groups in total. The first kappa shape index (κ1) is 17.1. The second kappa shape index (κ2) is 7.76. The van der Waals surface area contributed by atoms with E-state index in [2.05, 4.69) is 36.1 Å². The van der Waals surface area contributed by atoms with Crippen molar-refractivity contribution in [3.8, 4) is 0 Å². The Kier molecular flexibility index (Phi) is 6.65. The van der Waals surface area contributed by atoms with E-state index < -0.39 is 0 Å². The largest absolute Gasteiger partial charge is 0.394 e. The number of aromatic nitrogens is 2. The molecule has 0 aliphatic carbocycles. The second-order valence-electron chi connectivity index (χ2n) is 5.68. The van der Waals surface area contributed by atoms with Crippen molar-refractivity contribution in [2.24, 2.45) is 0 Å². The monoisotopic (exact) mass is 301 g/mol. The summed E-state index contributed by atoms with van der Waals surface area (Å²) < 4.78 is 5.20. The molecule has 0 fully saturated rings. The molecule has 1 aromatic heterocycles. The van der Waals surface area contributed by atoms with E-state index in [1.54, 1.807) is 0 Å². The van der Waals surface area contributed by atoms with Crippen LogP contribution in [0.4, 0.5) is 5.82 Å². The number of halogens is 1. The molecule has 6 heteroatoms. The van der Waals surface area contributed by atoms with Crippen LogP contribution in [0, 0.1) is 6.92 Å². The van der Waals surface area contributed by atoms with Crippen LogP contribution in [0.15, 0.2) is 0 Å². The van der Waals surface area contributed by atoms with Crippen molar-refractivity contribution in [2.45, 2.75) is 39.5 Å². The molecule has 0 bridgehead atoms. The number of nitrogens with one attached hydrogen (secondary N) is 1. The predicted octanol–water partition coefficient (Wildman–Crippen LogP) is 2.55. The first-order valence-corrected chi connectivity index (χ1v) is 7.21. The van der Waals surface area contributed by atoms with Gasteiger partial charge < -0.3 is 15.2 Å². The number of anilines is 1. The van der Waals surface area contributed by atoms with E-state index in [4.69, 9.17) is 21.4 Å². The molecule has 0 saturated carbocycles. The quantitative estimate of drug-likeness (QED) is 0.598. The van der Waals surface area contributed by atoms with Crippen LogP contribution in [-0.2, 0) is 10.2 Å². The van der Waals surface area contributed by atoms with E-state index in [0.29, 0.717) is 18.4 Å². The lowest BCUT2D eigenvalue weighted by molar-refractivity contribution is 0.0922. The van der Waals surface area contributed by atoms with E-state index in [9.17, 15) is 0 Å². The molecule has 0 aromatic carbocycles. The first-order chi connectivity index (χ1) is 9.36. The van der Waals surface area contributed by atoms with Crippen molar-refractivity contribution < 1.29 is 9.84 Å². The third-order valence-electron chi connectivity index (χ3n) is 2.75.